The first kappa shape index (κ1) is 19.2. The molecule has 4 amide bonds. The smallest absolute Gasteiger partial charge is 0.326 e. The molecule has 10 nitrogen and oxygen atoms in total. The van der Waals surface area contributed by atoms with Gasteiger partial charge in [0.15, 0.2) is 12.1 Å². The predicted octanol–water partition coefficient (Wildman–Crippen LogP) is -0.382. The summed E-state index contributed by atoms with van der Waals surface area (Å²) >= 11 is 0. The molecule has 0 aromatic heterocycles. The average molecular weight is 403 g/mol. The lowest BCUT2D eigenvalue weighted by atomic mass is 9.84. The minimum atomic E-state index is -1.25. The zero-order chi connectivity index (χ0) is 20.4. The van der Waals surface area contributed by atoms with Crippen LogP contribution in [-0.4, -0.2) is 79.7 Å². The summed E-state index contributed by atoms with van der Waals surface area (Å²) in [6, 6.07) is 6.30. The van der Waals surface area contributed by atoms with Gasteiger partial charge in [-0.1, -0.05) is 18.2 Å². The first-order valence-electron chi connectivity index (χ1n) is 9.39. The van der Waals surface area contributed by atoms with Crippen LogP contribution in [-0.2, 0) is 29.4 Å². The monoisotopic (exact) mass is 403 g/mol. The maximum atomic E-state index is 13.1. The third-order valence-corrected chi connectivity index (χ3v) is 5.26. The van der Waals surface area contributed by atoms with Crippen LogP contribution in [0.2, 0.25) is 0 Å². The molecule has 1 spiro atoms. The van der Waals surface area contributed by atoms with Crippen molar-refractivity contribution >= 4 is 23.8 Å². The maximum absolute atomic E-state index is 13.1. The Bertz CT molecular complexity index is 852. The van der Waals surface area contributed by atoms with Crippen LogP contribution in [0.5, 0.6) is 5.75 Å². The van der Waals surface area contributed by atoms with E-state index in [4.69, 9.17) is 14.2 Å². The number of carbonyl (C=O) groups is 4. The first-order valence-corrected chi connectivity index (χ1v) is 9.39. The number of amides is 4. The lowest BCUT2D eigenvalue weighted by Crippen LogP contribution is -2.48. The fourth-order valence-electron chi connectivity index (χ4n) is 3.74. The van der Waals surface area contributed by atoms with Crippen LogP contribution < -0.4 is 10.1 Å². The molecule has 2 fully saturated rings. The Kier molecular flexibility index (Phi) is 5.10. The molecule has 10 heteroatoms. The predicted molar refractivity (Wildman–Crippen MR) is 96.8 cm³/mol. The Morgan fingerprint density at radius 3 is 2.69 bits per heavy atom. The van der Waals surface area contributed by atoms with Gasteiger partial charge >= 0.3 is 12.0 Å². The zero-order valence-electron chi connectivity index (χ0n) is 15.7. The summed E-state index contributed by atoms with van der Waals surface area (Å²) in [6.07, 6.45) is 0.260. The molecule has 1 aromatic carbocycles. The largest absolute Gasteiger partial charge is 0.493 e. The van der Waals surface area contributed by atoms with Gasteiger partial charge in [0, 0.05) is 25.1 Å². The highest BCUT2D eigenvalue weighted by atomic mass is 16.5. The minimum absolute atomic E-state index is 0.259. The van der Waals surface area contributed by atoms with Crippen LogP contribution in [0.15, 0.2) is 24.3 Å². The first-order chi connectivity index (χ1) is 14.0. The highest BCUT2D eigenvalue weighted by Crippen LogP contribution is 2.40. The summed E-state index contributed by atoms with van der Waals surface area (Å²) < 4.78 is 15.7. The van der Waals surface area contributed by atoms with E-state index in [1.807, 2.05) is 0 Å². The second-order valence-corrected chi connectivity index (χ2v) is 6.98. The Hall–Kier alpha value is -3.14. The summed E-state index contributed by atoms with van der Waals surface area (Å²) in [7, 11) is 0. The molecule has 154 valence electrons. The molecule has 1 aromatic rings. The van der Waals surface area contributed by atoms with Crippen molar-refractivity contribution in [3.05, 3.63) is 29.8 Å². The van der Waals surface area contributed by atoms with Gasteiger partial charge in [-0.05, 0) is 6.07 Å². The van der Waals surface area contributed by atoms with Gasteiger partial charge in [0.1, 0.15) is 12.3 Å². The number of carbonyl (C=O) groups excluding carboxylic acids is 4. The van der Waals surface area contributed by atoms with Gasteiger partial charge in [-0.2, -0.15) is 0 Å². The Morgan fingerprint density at radius 1 is 1.14 bits per heavy atom. The third-order valence-electron chi connectivity index (χ3n) is 5.26. The van der Waals surface area contributed by atoms with Gasteiger partial charge < -0.3 is 24.4 Å². The van der Waals surface area contributed by atoms with Crippen LogP contribution in [0.4, 0.5) is 4.79 Å². The van der Waals surface area contributed by atoms with Crippen molar-refractivity contribution in [2.75, 3.05) is 46.1 Å². The number of rotatable bonds is 4. The molecule has 1 atom stereocenters. The zero-order valence-corrected chi connectivity index (χ0v) is 15.7. The molecule has 0 unspecified atom stereocenters. The quantitative estimate of drug-likeness (QED) is 0.538. The van der Waals surface area contributed by atoms with E-state index in [-0.39, 0.29) is 18.9 Å². The molecule has 0 aliphatic carbocycles. The normalized spacial score (nSPS) is 23.4. The van der Waals surface area contributed by atoms with Crippen molar-refractivity contribution in [1.82, 2.24) is 15.1 Å². The summed E-state index contributed by atoms with van der Waals surface area (Å²) in [6.45, 7) is 1.01. The second kappa shape index (κ2) is 7.70. The molecule has 4 rings (SSSR count). The summed E-state index contributed by atoms with van der Waals surface area (Å²) in [5, 5.41) is 2.71. The molecular formula is C19H21N3O7. The minimum Gasteiger partial charge on any atom is -0.493 e. The van der Waals surface area contributed by atoms with Gasteiger partial charge in [-0.15, -0.1) is 0 Å². The van der Waals surface area contributed by atoms with Crippen LogP contribution >= 0.6 is 0 Å². The SMILES string of the molecule is O=C(CN1C(=O)N[C@@]2(CCOc3ccccc32)C1=O)OCC(=O)N1CCOCC1. The van der Waals surface area contributed by atoms with Crippen LogP contribution in [0.1, 0.15) is 12.0 Å². The second-order valence-electron chi connectivity index (χ2n) is 6.98. The summed E-state index contributed by atoms with van der Waals surface area (Å²) in [4.78, 5) is 52.1. The molecule has 0 bridgehead atoms. The number of urea groups is 1. The fraction of sp³-hybridized carbons (Fsp3) is 0.474. The number of nitrogens with zero attached hydrogens (tertiary/aromatic N) is 2. The van der Waals surface area contributed by atoms with E-state index in [0.717, 1.165) is 4.90 Å². The van der Waals surface area contributed by atoms with Gasteiger partial charge in [0.25, 0.3) is 11.8 Å². The topological polar surface area (TPSA) is 114 Å². The molecule has 2 saturated heterocycles. The number of fused-ring (bicyclic) bond motifs is 2. The third kappa shape index (κ3) is 3.51. The molecule has 0 saturated carbocycles. The van der Waals surface area contributed by atoms with Crippen molar-refractivity contribution in [3.63, 3.8) is 0 Å². The Balaban J connectivity index is 1.40. The highest BCUT2D eigenvalue weighted by molar-refractivity contribution is 6.09. The van der Waals surface area contributed by atoms with Crippen molar-refractivity contribution in [2.24, 2.45) is 0 Å². The van der Waals surface area contributed by atoms with E-state index in [1.54, 1.807) is 29.2 Å². The number of esters is 1. The number of ether oxygens (including phenoxy) is 3. The van der Waals surface area contributed by atoms with E-state index in [2.05, 4.69) is 5.32 Å². The summed E-state index contributed by atoms with van der Waals surface area (Å²) in [5.41, 5.74) is -0.696. The fourth-order valence-corrected chi connectivity index (χ4v) is 3.74. The van der Waals surface area contributed by atoms with Crippen molar-refractivity contribution in [1.29, 1.82) is 0 Å². The standard InChI is InChI=1S/C19H21N3O7/c23-15(21-6-9-27-10-7-21)12-29-16(24)11-22-17(25)19(20-18(22)26)5-8-28-14-4-2-1-3-13(14)19/h1-4H,5-12H2,(H,20,26)/t19-/m1/s1. The van der Waals surface area contributed by atoms with E-state index in [0.29, 0.717) is 37.6 Å². The lowest BCUT2D eigenvalue weighted by molar-refractivity contribution is -0.155. The van der Waals surface area contributed by atoms with Gasteiger partial charge in [-0.25, -0.2) is 4.79 Å². The van der Waals surface area contributed by atoms with Gasteiger partial charge in [0.05, 0.1) is 19.8 Å². The molecule has 3 aliphatic heterocycles. The van der Waals surface area contributed by atoms with E-state index in [1.165, 1.54) is 0 Å². The van der Waals surface area contributed by atoms with Crippen LogP contribution in [0, 0.1) is 0 Å². The van der Waals surface area contributed by atoms with E-state index in [9.17, 15) is 19.2 Å². The molecular weight excluding hydrogens is 382 g/mol. The van der Waals surface area contributed by atoms with E-state index < -0.39 is 36.6 Å². The Morgan fingerprint density at radius 2 is 1.90 bits per heavy atom. The van der Waals surface area contributed by atoms with Crippen LogP contribution in [0.25, 0.3) is 0 Å². The van der Waals surface area contributed by atoms with Crippen molar-refractivity contribution in [2.45, 2.75) is 12.0 Å². The van der Waals surface area contributed by atoms with Gasteiger partial charge in [0.2, 0.25) is 0 Å². The van der Waals surface area contributed by atoms with Crippen LogP contribution in [0.3, 0.4) is 0 Å². The summed E-state index contributed by atoms with van der Waals surface area (Å²) in [5.74, 6) is -1.18. The number of para-hydroxylation sites is 1. The number of morpholine rings is 1. The molecule has 1 N–H and O–H groups in total. The lowest BCUT2D eigenvalue weighted by Gasteiger charge is -2.33. The molecule has 3 heterocycles. The van der Waals surface area contributed by atoms with Crippen molar-refractivity contribution in [3.8, 4) is 5.75 Å². The number of hydrogen-bond donors (Lipinski definition) is 1. The highest BCUT2D eigenvalue weighted by Gasteiger charge is 2.55. The maximum Gasteiger partial charge on any atom is 0.326 e. The average Bonchev–Trinajstić information content (AvgIpc) is 2.97. The number of nitrogens with one attached hydrogen (secondary N) is 1. The number of imide groups is 1. The molecule has 3 aliphatic rings. The van der Waals surface area contributed by atoms with E-state index >= 15 is 0 Å². The Labute approximate surface area is 166 Å². The number of hydrogen-bond acceptors (Lipinski definition) is 7. The van der Waals surface area contributed by atoms with Crippen molar-refractivity contribution < 1.29 is 33.4 Å². The molecule has 0 radical (unpaired) electrons. The van der Waals surface area contributed by atoms with Gasteiger partial charge in [-0.3, -0.25) is 19.3 Å². The number of benzene rings is 1. The molecule has 29 heavy (non-hydrogen) atoms.